The van der Waals surface area contributed by atoms with Crippen molar-refractivity contribution in [2.24, 2.45) is 0 Å². The molecule has 0 saturated carbocycles. The molecule has 0 aromatic heterocycles. The molecule has 62 valence electrons. The van der Waals surface area contributed by atoms with Crippen LogP contribution in [0.1, 0.15) is 0 Å². The molecule has 0 aliphatic heterocycles. The molecule has 0 rings (SSSR count). The molecule has 0 aromatic rings. The fourth-order valence-electron chi connectivity index (χ4n) is 0.179. The fourth-order valence-corrected chi connectivity index (χ4v) is 0.538. The van der Waals surface area contributed by atoms with Gasteiger partial charge in [0.15, 0.2) is 0 Å². The lowest BCUT2D eigenvalue weighted by atomic mass is 10.7. The second-order valence-corrected chi connectivity index (χ2v) is 3.30. The maximum absolute atomic E-state index is 11.3. The highest BCUT2D eigenvalue weighted by Crippen LogP contribution is 2.37. The van der Waals surface area contributed by atoms with Gasteiger partial charge in [-0.3, -0.25) is 0 Å². The lowest BCUT2D eigenvalue weighted by Gasteiger charge is -2.33. The third-order valence-corrected chi connectivity index (χ3v) is 1.82. The van der Waals surface area contributed by atoms with E-state index in [9.17, 15) is 27.5 Å². The van der Waals surface area contributed by atoms with Crippen molar-refractivity contribution in [3.05, 3.63) is 0 Å². The normalized spacial score (nSPS) is 17.0. The smallest absolute Gasteiger partial charge is 0.445 e. The molecule has 0 aliphatic carbocycles. The van der Waals surface area contributed by atoms with Crippen LogP contribution in [0.4, 0.5) is 13.2 Å². The number of quaternary nitrogens is 1. The fraction of sp³-hybridized carbons (Fsp3) is 1.00. The lowest BCUT2D eigenvalue weighted by molar-refractivity contribution is -0.478. The summed E-state index contributed by atoms with van der Waals surface area (Å²) >= 11 is 0. The van der Waals surface area contributed by atoms with Gasteiger partial charge in [-0.25, -0.2) is 0 Å². The third kappa shape index (κ3) is 2.66. The summed E-state index contributed by atoms with van der Waals surface area (Å²) in [5.74, 6) is -3.04. The molecule has 0 radical (unpaired) electrons. The van der Waals surface area contributed by atoms with Gasteiger partial charge in [0.05, 0.1) is 0 Å². The highest BCUT2D eigenvalue weighted by atomic mass is 31.2. The van der Waals surface area contributed by atoms with Crippen molar-refractivity contribution in [1.29, 1.82) is 0 Å². The monoisotopic (exact) mass is 178 g/mol. The van der Waals surface area contributed by atoms with Crippen LogP contribution in [0.5, 0.6) is 0 Å². The minimum Gasteiger partial charge on any atom is -0.806 e. The molecular formula is C2H4F3NO3P-. The first kappa shape index (κ1) is 9.90. The van der Waals surface area contributed by atoms with Crippen LogP contribution in [0.25, 0.3) is 0 Å². The molecule has 10 heavy (non-hydrogen) atoms. The van der Waals surface area contributed by atoms with Crippen LogP contribution in [0.15, 0.2) is 0 Å². The van der Waals surface area contributed by atoms with E-state index < -0.39 is 19.6 Å². The first-order chi connectivity index (χ1) is 4.15. The quantitative estimate of drug-likeness (QED) is 0.472. The van der Waals surface area contributed by atoms with Gasteiger partial charge in [-0.2, -0.15) is 13.2 Å². The molecule has 4 nitrogen and oxygen atoms in total. The average Bonchev–Trinajstić information content (AvgIpc) is 1.59. The number of hydrogen-bond donors (Lipinski definition) is 1. The van der Waals surface area contributed by atoms with Crippen molar-refractivity contribution >= 4 is 7.60 Å². The summed E-state index contributed by atoms with van der Waals surface area (Å²) in [6.45, 7) is 0. The zero-order valence-corrected chi connectivity index (χ0v) is 5.48. The summed E-state index contributed by atoms with van der Waals surface area (Å²) in [5, 5.41) is 0. The van der Waals surface area contributed by atoms with Crippen molar-refractivity contribution in [3.8, 4) is 0 Å². The maximum atomic E-state index is 11.3. The number of alkyl halides is 3. The zero-order valence-electron chi connectivity index (χ0n) is 4.59. The highest BCUT2D eigenvalue weighted by Gasteiger charge is 2.42. The lowest BCUT2D eigenvalue weighted by Crippen LogP contribution is -2.69. The summed E-state index contributed by atoms with van der Waals surface area (Å²) < 4.78 is 43.6. The van der Waals surface area contributed by atoms with Gasteiger partial charge in [-0.05, 0) is 0 Å². The van der Waals surface area contributed by atoms with Crippen LogP contribution in [0.3, 0.4) is 0 Å². The Labute approximate surface area is 54.0 Å². The van der Waals surface area contributed by atoms with Gasteiger partial charge < -0.3 is 20.1 Å². The predicted molar refractivity (Wildman–Crippen MR) is 20.3 cm³/mol. The van der Waals surface area contributed by atoms with E-state index in [-0.39, 0.29) is 0 Å². The Kier molecular flexibility index (Phi) is 2.48. The van der Waals surface area contributed by atoms with Crippen molar-refractivity contribution in [3.63, 3.8) is 0 Å². The Morgan fingerprint density at radius 3 is 1.70 bits per heavy atom. The second-order valence-electron chi connectivity index (χ2n) is 1.60. The van der Waals surface area contributed by atoms with Crippen LogP contribution in [0, 0.1) is 0 Å². The summed E-state index contributed by atoms with van der Waals surface area (Å²) in [4.78, 5) is 19.3. The third-order valence-electron chi connectivity index (χ3n) is 0.760. The Morgan fingerprint density at radius 1 is 1.40 bits per heavy atom. The molecule has 1 atom stereocenters. The highest BCUT2D eigenvalue weighted by molar-refractivity contribution is 7.49. The van der Waals surface area contributed by atoms with Gasteiger partial charge in [0.25, 0.3) is 0 Å². The van der Waals surface area contributed by atoms with Gasteiger partial charge >= 0.3 is 6.18 Å². The molecular weight excluding hydrogens is 174 g/mol. The van der Waals surface area contributed by atoms with Crippen LogP contribution in [0.2, 0.25) is 0 Å². The number of rotatable bonds is 1. The number of hydrogen-bond acceptors (Lipinski definition) is 3. The molecule has 8 heteroatoms. The maximum Gasteiger partial charge on any atom is 0.445 e. The van der Waals surface area contributed by atoms with Gasteiger partial charge in [0.2, 0.25) is 5.78 Å². The minimum absolute atomic E-state index is 2.17. The van der Waals surface area contributed by atoms with Gasteiger partial charge in [-0.15, -0.1) is 0 Å². The van der Waals surface area contributed by atoms with Gasteiger partial charge in [-0.1, -0.05) is 0 Å². The summed E-state index contributed by atoms with van der Waals surface area (Å²) in [6.07, 6.45) is -5.06. The Hall–Kier alpha value is -0.100. The van der Waals surface area contributed by atoms with E-state index in [1.54, 1.807) is 0 Å². The Morgan fingerprint density at radius 2 is 1.70 bits per heavy atom. The molecule has 0 saturated heterocycles. The standard InChI is InChI=1S/C2H5F3NO3P/c3-2(4,5)1(6)10(7,8)9/h1H,6H2,(H2,7,8,9)/p-1/t1-/m1/s1. The predicted octanol–water partition coefficient (Wildman–Crippen LogP) is -1.97. The van der Waals surface area contributed by atoms with Crippen molar-refractivity contribution < 1.29 is 33.3 Å². The molecule has 0 bridgehead atoms. The molecule has 0 aliphatic rings. The van der Waals surface area contributed by atoms with Crippen molar-refractivity contribution in [1.82, 2.24) is 0 Å². The van der Waals surface area contributed by atoms with E-state index in [0.717, 1.165) is 0 Å². The topological polar surface area (TPSA) is 90.8 Å². The molecule has 0 fully saturated rings. The molecule has 0 spiro atoms. The Balaban J connectivity index is 4.39. The van der Waals surface area contributed by atoms with Gasteiger partial charge in [0.1, 0.15) is 0 Å². The van der Waals surface area contributed by atoms with Crippen molar-refractivity contribution in [2.45, 2.75) is 12.0 Å². The molecule has 3 N–H and O–H groups in total. The van der Waals surface area contributed by atoms with E-state index in [4.69, 9.17) is 0 Å². The van der Waals surface area contributed by atoms with Crippen LogP contribution >= 0.6 is 7.60 Å². The van der Waals surface area contributed by atoms with E-state index >= 15 is 0 Å². The SMILES string of the molecule is [NH3+][C@@H](C(F)(F)F)P(=O)([O-])[O-]. The van der Waals surface area contributed by atoms with E-state index in [2.05, 4.69) is 5.73 Å². The largest absolute Gasteiger partial charge is 0.806 e. The van der Waals surface area contributed by atoms with Gasteiger partial charge in [0, 0.05) is 7.60 Å². The first-order valence-electron chi connectivity index (χ1n) is 2.07. The van der Waals surface area contributed by atoms with Crippen molar-refractivity contribution in [2.75, 3.05) is 0 Å². The zero-order chi connectivity index (χ0) is 8.58. The van der Waals surface area contributed by atoms with E-state index in [0.29, 0.717) is 0 Å². The number of halogens is 3. The average molecular weight is 178 g/mol. The van der Waals surface area contributed by atoms with E-state index in [1.165, 1.54) is 0 Å². The van der Waals surface area contributed by atoms with E-state index in [1.807, 2.05) is 0 Å². The summed E-state index contributed by atoms with van der Waals surface area (Å²) in [6, 6.07) is 0. The molecule has 0 amide bonds. The van der Waals surface area contributed by atoms with Crippen LogP contribution in [-0.4, -0.2) is 12.0 Å². The second kappa shape index (κ2) is 2.50. The Bertz CT molecular complexity index is 162. The molecule has 0 heterocycles. The molecule has 0 unspecified atom stereocenters. The molecule has 0 aromatic carbocycles. The summed E-state index contributed by atoms with van der Waals surface area (Å²) in [5.41, 5.74) is 2.17. The first-order valence-corrected chi connectivity index (χ1v) is 3.68. The minimum atomic E-state index is -5.61. The van der Waals surface area contributed by atoms with Crippen LogP contribution in [-0.2, 0) is 4.57 Å². The summed E-state index contributed by atoms with van der Waals surface area (Å²) in [7, 11) is -5.61. The van der Waals surface area contributed by atoms with Crippen LogP contribution < -0.4 is 15.5 Å².